The van der Waals surface area contributed by atoms with Crippen molar-refractivity contribution >= 4 is 77.0 Å². The molecule has 0 spiro atoms. The predicted molar refractivity (Wildman–Crippen MR) is 392 cm³/mol. The normalized spacial score (nSPS) is 23.6. The van der Waals surface area contributed by atoms with Gasteiger partial charge in [-0.25, -0.2) is 24.0 Å². The molecule has 8 N–H and O–H groups in total. The van der Waals surface area contributed by atoms with Crippen molar-refractivity contribution in [2.24, 2.45) is 34.3 Å². The Morgan fingerprint density at radius 3 is 1.91 bits per heavy atom. The van der Waals surface area contributed by atoms with Crippen LogP contribution < -0.4 is 32.3 Å². The zero-order chi connectivity index (χ0) is 79.2. The summed E-state index contributed by atoms with van der Waals surface area (Å²) in [6.45, 7) is 13.9. The minimum absolute atomic E-state index is 0.0182. The van der Waals surface area contributed by atoms with E-state index in [2.05, 4.69) is 26.6 Å². The molecule has 8 rings (SSSR count). The third-order valence-electron chi connectivity index (χ3n) is 21.2. The second kappa shape index (κ2) is 36.2. The van der Waals surface area contributed by atoms with Crippen molar-refractivity contribution in [3.63, 3.8) is 0 Å². The van der Waals surface area contributed by atoms with Crippen molar-refractivity contribution in [1.82, 2.24) is 31.1 Å². The van der Waals surface area contributed by atoms with Gasteiger partial charge in [0.15, 0.2) is 11.4 Å². The number of ether oxygens (including phenoxy) is 8. The minimum Gasteiger partial charge on any atom is -0.455 e. The number of fused-ring (bicyclic) bond motifs is 5. The summed E-state index contributed by atoms with van der Waals surface area (Å²) in [5.41, 5.74) is -0.530. The Kier molecular flexibility index (Phi) is 28.0. The molecule has 29 nitrogen and oxygen atoms in total. The van der Waals surface area contributed by atoms with Crippen LogP contribution in [0.1, 0.15) is 145 Å². The van der Waals surface area contributed by atoms with Gasteiger partial charge in [0.25, 0.3) is 5.91 Å². The van der Waals surface area contributed by atoms with E-state index in [9.17, 15) is 53.1 Å². The quantitative estimate of drug-likeness (QED) is 0.0110. The number of ketones is 2. The maximum Gasteiger partial charge on any atom is 0.410 e. The number of esters is 3. The molecule has 8 amide bonds. The first kappa shape index (κ1) is 83.5. The van der Waals surface area contributed by atoms with Crippen molar-refractivity contribution < 1.29 is 101 Å². The number of hydrogen-bond acceptors (Lipinski definition) is 21. The first-order valence-electron chi connectivity index (χ1n) is 36.2. The Balaban J connectivity index is 1.01. The number of rotatable bonds is 32. The molecule has 3 aliphatic carbocycles. The van der Waals surface area contributed by atoms with Crippen molar-refractivity contribution in [1.29, 1.82) is 0 Å². The van der Waals surface area contributed by atoms with Gasteiger partial charge in [-0.2, -0.15) is 0 Å². The molecule has 13 atom stereocenters. The van der Waals surface area contributed by atoms with Gasteiger partial charge in [0.05, 0.1) is 29.6 Å². The van der Waals surface area contributed by atoms with Crippen LogP contribution >= 0.6 is 0 Å². The van der Waals surface area contributed by atoms with Crippen molar-refractivity contribution in [2.75, 3.05) is 59.9 Å². The molecule has 0 unspecified atom stereocenters. The lowest BCUT2D eigenvalue weighted by atomic mass is 9.44. The van der Waals surface area contributed by atoms with Crippen LogP contribution in [0.5, 0.6) is 0 Å². The molecule has 3 fully saturated rings. The van der Waals surface area contributed by atoms with Gasteiger partial charge in [-0.15, -0.1) is 0 Å². The summed E-state index contributed by atoms with van der Waals surface area (Å²) in [4.78, 5) is 169. The highest BCUT2D eigenvalue weighted by atomic mass is 16.6. The van der Waals surface area contributed by atoms with E-state index >= 15 is 9.59 Å². The Labute approximate surface area is 628 Å². The Bertz CT molecular complexity index is 3950. The Morgan fingerprint density at radius 1 is 0.731 bits per heavy atom. The molecule has 1 heterocycles. The van der Waals surface area contributed by atoms with E-state index in [4.69, 9.17) is 43.6 Å². The van der Waals surface area contributed by atoms with Gasteiger partial charge in [0, 0.05) is 103 Å². The topological polar surface area (TPSA) is 392 Å². The van der Waals surface area contributed by atoms with Gasteiger partial charge >= 0.3 is 36.1 Å². The van der Waals surface area contributed by atoms with Gasteiger partial charge in [-0.3, -0.25) is 33.6 Å². The molecule has 1 saturated heterocycles. The second-order valence-corrected chi connectivity index (χ2v) is 29.4. The molecular weight excluding hydrogens is 1400 g/mol. The van der Waals surface area contributed by atoms with E-state index < -0.39 is 155 Å². The smallest absolute Gasteiger partial charge is 0.410 e. The van der Waals surface area contributed by atoms with Crippen LogP contribution in [0.15, 0.2) is 126 Å². The number of primary amides is 1. The lowest BCUT2D eigenvalue weighted by Gasteiger charge is -2.67. The van der Waals surface area contributed by atoms with Crippen molar-refractivity contribution in [2.45, 2.75) is 180 Å². The lowest BCUT2D eigenvalue weighted by molar-refractivity contribution is -0.347. The number of hydrogen-bond donors (Lipinski definition) is 7. The van der Waals surface area contributed by atoms with Crippen LogP contribution in [-0.4, -0.2) is 201 Å². The molecule has 0 aromatic heterocycles. The average molecular weight is 1500 g/mol. The van der Waals surface area contributed by atoms with Crippen LogP contribution in [0, 0.1) is 28.6 Å². The first-order valence-corrected chi connectivity index (χ1v) is 36.2. The number of anilines is 1. The first-order chi connectivity index (χ1) is 51.1. The fourth-order valence-corrected chi connectivity index (χ4v) is 14.9. The van der Waals surface area contributed by atoms with Crippen molar-refractivity contribution in [3.05, 3.63) is 149 Å². The number of carbonyl (C=O) groups is 12. The summed E-state index contributed by atoms with van der Waals surface area (Å²) in [7, 11) is 5.48. The highest BCUT2D eigenvalue weighted by molar-refractivity contribution is 5.99. The monoisotopic (exact) mass is 1500 g/mol. The fourth-order valence-electron chi connectivity index (χ4n) is 14.9. The van der Waals surface area contributed by atoms with E-state index in [-0.39, 0.29) is 110 Å². The molecule has 4 aliphatic rings. The number of urea groups is 1. The number of methoxy groups -OCH3 is 2. The number of carbonyl (C=O) groups excluding carboxylic acids is 12. The molecule has 108 heavy (non-hydrogen) atoms. The summed E-state index contributed by atoms with van der Waals surface area (Å²) in [6.07, 6.45) is -10.5. The summed E-state index contributed by atoms with van der Waals surface area (Å²) in [5, 5.41) is 27.8. The largest absolute Gasteiger partial charge is 0.455 e. The van der Waals surface area contributed by atoms with Crippen LogP contribution in [0.2, 0.25) is 0 Å². The average Bonchev–Trinajstić information content (AvgIpc) is 0.668. The van der Waals surface area contributed by atoms with Crippen LogP contribution in [0.4, 0.5) is 20.1 Å². The van der Waals surface area contributed by atoms with Gasteiger partial charge in [-0.1, -0.05) is 120 Å². The maximum absolute atomic E-state index is 16.1. The third kappa shape index (κ3) is 18.9. The van der Waals surface area contributed by atoms with Crippen molar-refractivity contribution in [3.8, 4) is 0 Å². The predicted octanol–water partition coefficient (Wildman–Crippen LogP) is 7.23. The highest BCUT2D eigenvalue weighted by Gasteiger charge is 2.78. The zero-order valence-corrected chi connectivity index (χ0v) is 63.5. The minimum atomic E-state index is -2.39. The molecule has 4 aromatic carbocycles. The maximum atomic E-state index is 16.1. The summed E-state index contributed by atoms with van der Waals surface area (Å²) >= 11 is 0. The molecule has 0 radical (unpaired) electrons. The molecule has 4 aromatic rings. The summed E-state index contributed by atoms with van der Waals surface area (Å²) in [5.74, 6) is -7.83. The molecular formula is C79H102N8O21. The number of nitrogens with two attached hydrogens (primary N) is 1. The van der Waals surface area contributed by atoms with Crippen LogP contribution in [0.25, 0.3) is 0 Å². The van der Waals surface area contributed by atoms with Crippen LogP contribution in [-0.2, 0) is 78.1 Å². The SMILES string of the molecule is CO[C@H]1C(=O)[C@]2(C)[C@@H](OC)C[C@H]3OC[C@@]3(OC(C)=O)[C@H]2[C@H](OC(=O)c2ccccc2)[C@]2(O)C[C@H](OC(=O)[C@H](OC(=O)N(C)CCN(C)C(=O)OCc3ccc(NC(=O)[C@H](CCCNC(N)=O)NC(=O)[C@@H](NC(=O)CCCC(=O)C(C)C)C(C)C)cc3)[C@@H](NC(=O)c3ccccc3)c3ccccc3)C(C)=C1C2(C)C. The van der Waals surface area contributed by atoms with Gasteiger partial charge in [-0.05, 0) is 97.7 Å². The number of likely N-dealkylation sites (N-methyl/N-ethyl adjacent to an activating group) is 2. The molecule has 29 heteroatoms. The molecule has 1 aliphatic heterocycles. The number of benzene rings is 4. The van der Waals surface area contributed by atoms with E-state index in [0.29, 0.717) is 17.7 Å². The highest BCUT2D eigenvalue weighted by Crippen LogP contribution is 2.65. The van der Waals surface area contributed by atoms with Gasteiger partial charge < -0.3 is 85.1 Å². The number of nitrogens with zero attached hydrogens (tertiary/aromatic N) is 2. The van der Waals surface area contributed by atoms with E-state index in [0.717, 1.165) is 4.90 Å². The Morgan fingerprint density at radius 2 is 1.34 bits per heavy atom. The number of nitrogens with one attached hydrogen (secondary N) is 5. The lowest BCUT2D eigenvalue weighted by Crippen LogP contribution is -2.82. The van der Waals surface area contributed by atoms with E-state index in [1.165, 1.54) is 64.4 Å². The molecule has 584 valence electrons. The van der Waals surface area contributed by atoms with Crippen LogP contribution in [0.3, 0.4) is 0 Å². The fraction of sp³-hybridized carbons (Fsp3) is 0.519. The van der Waals surface area contributed by atoms with Gasteiger partial charge in [0.1, 0.15) is 60.5 Å². The van der Waals surface area contributed by atoms with Gasteiger partial charge in [0.2, 0.25) is 23.8 Å². The molecule has 2 saturated carbocycles. The summed E-state index contributed by atoms with van der Waals surface area (Å²) in [6, 6.07) is 26.0. The second-order valence-electron chi connectivity index (χ2n) is 29.4. The van der Waals surface area contributed by atoms with E-state index in [1.54, 1.807) is 146 Å². The number of Topliss-reactive ketones (excluding diaryl/α,β-unsaturated/α-hetero) is 2. The molecule has 2 bridgehead atoms. The third-order valence-corrected chi connectivity index (χ3v) is 21.2. The zero-order valence-electron chi connectivity index (χ0n) is 63.5. The number of amides is 8. The summed E-state index contributed by atoms with van der Waals surface area (Å²) < 4.78 is 49.8. The number of aliphatic hydroxyl groups is 1. The standard InChI is InChI=1S/C79H102N8O21/c1-45(2)55(89)32-23-33-59(90)84-61(46(3)4)70(94)83-54(31-24-38-81-73(80)97)69(93)82-53-36-34-49(35-37-53)43-103-74(98)86(10)39-40-87(11)75(99)106-64(62(50-25-17-14-18-26-50)85-68(92)51-27-19-15-20-28-51)72(96)105-56-42-79(100)67(107-71(95)52-29-21-16-22-30-52)65-77(9,66(91)63(102-13)60(47(56)5)76(79,7)8)57(101-12)41-58-78(65,44-104-58)108-48(6)88/h14-22,25-30,34-37,45-46,54,56-58,61-65,67,100H,23-24,31-33,38-44H2,1-13H3,(H,82,93)(H,83,94)(H,84,90)(H,85,92)(H3,80,81,97)/t54-,56-,57-,58+,61-,62-,63+,64+,65-,67-,77+,78-,79+/m0/s1. The van der Waals surface area contributed by atoms with E-state index in [1.807, 2.05) is 0 Å². The Hall–Kier alpha value is -10.1.